The molecule has 0 radical (unpaired) electrons. The highest BCUT2D eigenvalue weighted by Crippen LogP contribution is 2.34. The van der Waals surface area contributed by atoms with Gasteiger partial charge >= 0.3 is 0 Å². The van der Waals surface area contributed by atoms with Crippen molar-refractivity contribution in [2.75, 3.05) is 13.2 Å². The molecule has 1 atom stereocenters. The predicted molar refractivity (Wildman–Crippen MR) is 103 cm³/mol. The van der Waals surface area contributed by atoms with Crippen molar-refractivity contribution in [2.24, 2.45) is 5.73 Å². The molecule has 138 valence electrons. The number of nitrogens with zero attached hydrogens (tertiary/aromatic N) is 1. The molecule has 0 fully saturated rings. The van der Waals surface area contributed by atoms with E-state index in [1.54, 1.807) is 24.3 Å². The van der Waals surface area contributed by atoms with Gasteiger partial charge in [0.15, 0.2) is 6.61 Å². The maximum Gasteiger partial charge on any atom is 0.255 e. The molecule has 0 spiro atoms. The number of para-hydroxylation sites is 1. The zero-order chi connectivity index (χ0) is 19.0. The molecule has 2 aromatic carbocycles. The van der Waals surface area contributed by atoms with E-state index in [0.29, 0.717) is 17.9 Å². The molecule has 3 aromatic rings. The summed E-state index contributed by atoms with van der Waals surface area (Å²) in [6, 6.07) is 15.0. The summed E-state index contributed by atoms with van der Waals surface area (Å²) in [6.07, 6.45) is 0.829. The Kier molecular flexibility index (Phi) is 4.32. The van der Waals surface area contributed by atoms with Crippen molar-refractivity contribution in [1.82, 2.24) is 9.88 Å². The standard InChI is InChI=1S/C21H21N3O3/c1-13-20-17(16-4-2-3-5-18(16)23-20)10-11-24(13)21(26)14-6-8-15(9-7-14)27-12-19(22)25/h2-9,13,23H,10-12H2,1H3,(H2,22,25). The van der Waals surface area contributed by atoms with E-state index in [1.165, 1.54) is 10.9 Å². The normalized spacial score (nSPS) is 16.2. The first-order valence-corrected chi connectivity index (χ1v) is 8.96. The fourth-order valence-corrected chi connectivity index (χ4v) is 3.72. The van der Waals surface area contributed by atoms with Gasteiger partial charge in [-0.15, -0.1) is 0 Å². The maximum atomic E-state index is 13.0. The van der Waals surface area contributed by atoms with E-state index >= 15 is 0 Å². The Bertz CT molecular complexity index is 1010. The van der Waals surface area contributed by atoms with Gasteiger partial charge in [0.2, 0.25) is 0 Å². The molecule has 4 rings (SSSR count). The molecular weight excluding hydrogens is 342 g/mol. The number of aromatic nitrogens is 1. The van der Waals surface area contributed by atoms with Gasteiger partial charge in [0.25, 0.3) is 11.8 Å². The number of hydrogen-bond donors (Lipinski definition) is 2. The number of nitrogens with one attached hydrogen (secondary N) is 1. The minimum atomic E-state index is -0.536. The van der Waals surface area contributed by atoms with Gasteiger partial charge < -0.3 is 20.4 Å². The number of rotatable bonds is 4. The lowest BCUT2D eigenvalue weighted by molar-refractivity contribution is -0.119. The topological polar surface area (TPSA) is 88.4 Å². The van der Waals surface area contributed by atoms with Gasteiger partial charge in [0, 0.05) is 28.7 Å². The fraction of sp³-hybridized carbons (Fsp3) is 0.238. The van der Waals surface area contributed by atoms with Crippen molar-refractivity contribution < 1.29 is 14.3 Å². The monoisotopic (exact) mass is 363 g/mol. The Morgan fingerprint density at radius 1 is 1.19 bits per heavy atom. The summed E-state index contributed by atoms with van der Waals surface area (Å²) in [5.41, 5.74) is 9.18. The quantitative estimate of drug-likeness (QED) is 0.747. The lowest BCUT2D eigenvalue weighted by atomic mass is 9.97. The number of fused-ring (bicyclic) bond motifs is 3. The highest BCUT2D eigenvalue weighted by atomic mass is 16.5. The van der Waals surface area contributed by atoms with Crippen LogP contribution in [0, 0.1) is 0 Å². The van der Waals surface area contributed by atoms with Crippen molar-refractivity contribution in [1.29, 1.82) is 0 Å². The SMILES string of the molecule is CC1c2[nH]c3ccccc3c2CCN1C(=O)c1ccc(OCC(N)=O)cc1. The summed E-state index contributed by atoms with van der Waals surface area (Å²) >= 11 is 0. The Balaban J connectivity index is 1.55. The lowest BCUT2D eigenvalue weighted by Crippen LogP contribution is -2.38. The number of aromatic amines is 1. The second-order valence-corrected chi connectivity index (χ2v) is 6.77. The number of carbonyl (C=O) groups excluding carboxylic acids is 2. The third kappa shape index (κ3) is 3.14. The predicted octanol–water partition coefficient (Wildman–Crippen LogP) is 2.79. The number of carbonyl (C=O) groups is 2. The molecule has 0 bridgehead atoms. The second kappa shape index (κ2) is 6.79. The summed E-state index contributed by atoms with van der Waals surface area (Å²) in [7, 11) is 0. The van der Waals surface area contributed by atoms with Crippen molar-refractivity contribution in [3.8, 4) is 5.75 Å². The van der Waals surface area contributed by atoms with Crippen LogP contribution in [0.4, 0.5) is 0 Å². The summed E-state index contributed by atoms with van der Waals surface area (Å²) in [5, 5.41) is 1.24. The zero-order valence-electron chi connectivity index (χ0n) is 15.1. The summed E-state index contributed by atoms with van der Waals surface area (Å²) in [5.74, 6) is -0.0466. The summed E-state index contributed by atoms with van der Waals surface area (Å²) in [4.78, 5) is 29.2. The Labute approximate surface area is 156 Å². The number of hydrogen-bond acceptors (Lipinski definition) is 3. The van der Waals surface area contributed by atoms with E-state index in [9.17, 15) is 9.59 Å². The molecule has 1 aliphatic rings. The first-order valence-electron chi connectivity index (χ1n) is 8.96. The smallest absolute Gasteiger partial charge is 0.255 e. The molecule has 1 aliphatic heterocycles. The average molecular weight is 363 g/mol. The molecule has 0 saturated heterocycles. The number of ether oxygens (including phenoxy) is 1. The van der Waals surface area contributed by atoms with Crippen molar-refractivity contribution in [2.45, 2.75) is 19.4 Å². The van der Waals surface area contributed by atoms with Crippen LogP contribution in [0.15, 0.2) is 48.5 Å². The van der Waals surface area contributed by atoms with Gasteiger partial charge in [0.05, 0.1) is 6.04 Å². The lowest BCUT2D eigenvalue weighted by Gasteiger charge is -2.33. The highest BCUT2D eigenvalue weighted by Gasteiger charge is 2.30. The first kappa shape index (κ1) is 17.1. The van der Waals surface area contributed by atoms with Gasteiger partial charge in [-0.2, -0.15) is 0 Å². The van der Waals surface area contributed by atoms with E-state index in [2.05, 4.69) is 24.0 Å². The Morgan fingerprint density at radius 3 is 2.67 bits per heavy atom. The van der Waals surface area contributed by atoms with Crippen LogP contribution < -0.4 is 10.5 Å². The van der Waals surface area contributed by atoms with Gasteiger partial charge in [-0.1, -0.05) is 18.2 Å². The molecule has 3 N–H and O–H groups in total. The molecule has 6 heteroatoms. The van der Waals surface area contributed by atoms with Crippen LogP contribution in [-0.4, -0.2) is 34.8 Å². The number of primary amides is 1. The summed E-state index contributed by atoms with van der Waals surface area (Å²) in [6.45, 7) is 2.55. The highest BCUT2D eigenvalue weighted by molar-refractivity contribution is 5.95. The van der Waals surface area contributed by atoms with Gasteiger partial charge in [-0.25, -0.2) is 0 Å². The Hall–Kier alpha value is -3.28. The van der Waals surface area contributed by atoms with Crippen LogP contribution in [0.2, 0.25) is 0 Å². The maximum absolute atomic E-state index is 13.0. The molecular formula is C21H21N3O3. The minimum Gasteiger partial charge on any atom is -0.484 e. The van der Waals surface area contributed by atoms with E-state index in [-0.39, 0.29) is 18.6 Å². The van der Waals surface area contributed by atoms with Crippen molar-refractivity contribution >= 4 is 22.7 Å². The Morgan fingerprint density at radius 2 is 1.93 bits per heavy atom. The summed E-state index contributed by atoms with van der Waals surface area (Å²) < 4.78 is 5.24. The number of H-pyrrole nitrogens is 1. The molecule has 2 heterocycles. The molecule has 27 heavy (non-hydrogen) atoms. The largest absolute Gasteiger partial charge is 0.484 e. The van der Waals surface area contributed by atoms with Crippen LogP contribution in [0.3, 0.4) is 0 Å². The van der Waals surface area contributed by atoms with Crippen LogP contribution >= 0.6 is 0 Å². The van der Waals surface area contributed by atoms with E-state index in [0.717, 1.165) is 17.6 Å². The molecule has 2 amide bonds. The zero-order valence-corrected chi connectivity index (χ0v) is 15.1. The fourth-order valence-electron chi connectivity index (χ4n) is 3.72. The van der Waals surface area contributed by atoms with Crippen molar-refractivity contribution in [3.05, 3.63) is 65.4 Å². The van der Waals surface area contributed by atoms with Crippen LogP contribution in [-0.2, 0) is 11.2 Å². The molecule has 0 aliphatic carbocycles. The van der Waals surface area contributed by atoms with Gasteiger partial charge in [0.1, 0.15) is 5.75 Å². The van der Waals surface area contributed by atoms with Crippen molar-refractivity contribution in [3.63, 3.8) is 0 Å². The number of benzene rings is 2. The second-order valence-electron chi connectivity index (χ2n) is 6.77. The van der Waals surface area contributed by atoms with E-state index in [4.69, 9.17) is 10.5 Å². The van der Waals surface area contributed by atoms with E-state index in [1.807, 2.05) is 17.0 Å². The first-order chi connectivity index (χ1) is 13.0. The number of nitrogens with two attached hydrogens (primary N) is 1. The average Bonchev–Trinajstić information content (AvgIpc) is 3.06. The minimum absolute atomic E-state index is 0.0201. The van der Waals surface area contributed by atoms with Gasteiger partial charge in [-0.3, -0.25) is 9.59 Å². The molecule has 6 nitrogen and oxygen atoms in total. The van der Waals surface area contributed by atoms with Crippen LogP contribution in [0.5, 0.6) is 5.75 Å². The third-order valence-electron chi connectivity index (χ3n) is 5.08. The number of amides is 2. The van der Waals surface area contributed by atoms with E-state index < -0.39 is 5.91 Å². The third-order valence-corrected chi connectivity index (χ3v) is 5.08. The van der Waals surface area contributed by atoms with Gasteiger partial charge in [-0.05, 0) is 49.2 Å². The van der Waals surface area contributed by atoms with Crippen LogP contribution in [0.1, 0.15) is 34.6 Å². The molecule has 1 unspecified atom stereocenters. The molecule has 1 aromatic heterocycles. The molecule has 0 saturated carbocycles. The van der Waals surface area contributed by atoms with Crippen LogP contribution in [0.25, 0.3) is 10.9 Å².